The number of aromatic nitrogens is 2. The molecule has 0 unspecified atom stereocenters. The highest BCUT2D eigenvalue weighted by Crippen LogP contribution is 2.25. The van der Waals surface area contributed by atoms with E-state index in [1.165, 1.54) is 0 Å². The van der Waals surface area contributed by atoms with E-state index in [-0.39, 0.29) is 0 Å². The summed E-state index contributed by atoms with van der Waals surface area (Å²) < 4.78 is 5.63. The molecule has 5 heteroatoms. The van der Waals surface area contributed by atoms with Crippen molar-refractivity contribution in [2.45, 2.75) is 0 Å². The topological polar surface area (TPSA) is 91.0 Å². The van der Waals surface area contributed by atoms with Crippen LogP contribution in [-0.4, -0.2) is 10.2 Å². The van der Waals surface area contributed by atoms with E-state index in [0.717, 1.165) is 11.1 Å². The van der Waals surface area contributed by atoms with E-state index >= 15 is 0 Å². The first-order chi connectivity index (χ1) is 9.22. The molecule has 3 rings (SSSR count). The quantitative estimate of drug-likeness (QED) is 0.684. The summed E-state index contributed by atoms with van der Waals surface area (Å²) in [5.74, 6) is 0.900. The van der Waals surface area contributed by atoms with Gasteiger partial charge in [0, 0.05) is 22.5 Å². The number of hydrogen-bond acceptors (Lipinski definition) is 5. The standard InChI is InChI=1S/C14H12N4O/c15-11-6-4-9(5-7-11)13-17-18-14(19-13)10-2-1-3-12(16)8-10/h1-8H,15-16H2. The van der Waals surface area contributed by atoms with Crippen LogP contribution < -0.4 is 11.5 Å². The normalized spacial score (nSPS) is 10.5. The molecule has 1 heterocycles. The minimum absolute atomic E-state index is 0.444. The van der Waals surface area contributed by atoms with Crippen LogP contribution in [0.1, 0.15) is 0 Å². The average Bonchev–Trinajstić information content (AvgIpc) is 2.89. The SMILES string of the molecule is Nc1ccc(-c2nnc(-c3cccc(N)c3)o2)cc1. The lowest BCUT2D eigenvalue weighted by Crippen LogP contribution is -1.84. The third-order valence-electron chi connectivity index (χ3n) is 2.72. The summed E-state index contributed by atoms with van der Waals surface area (Å²) in [6.07, 6.45) is 0. The molecule has 0 amide bonds. The molecule has 94 valence electrons. The van der Waals surface area contributed by atoms with Crippen LogP contribution in [0.2, 0.25) is 0 Å². The molecule has 1 aromatic heterocycles. The highest BCUT2D eigenvalue weighted by atomic mass is 16.4. The third-order valence-corrected chi connectivity index (χ3v) is 2.72. The maximum absolute atomic E-state index is 5.73. The van der Waals surface area contributed by atoms with Gasteiger partial charge in [-0.3, -0.25) is 0 Å². The monoisotopic (exact) mass is 252 g/mol. The molecule has 0 saturated carbocycles. The zero-order valence-electron chi connectivity index (χ0n) is 10.1. The van der Waals surface area contributed by atoms with Crippen molar-refractivity contribution in [1.29, 1.82) is 0 Å². The molecule has 0 aliphatic rings. The molecule has 3 aromatic rings. The van der Waals surface area contributed by atoms with Crippen molar-refractivity contribution in [2.75, 3.05) is 11.5 Å². The summed E-state index contributed by atoms with van der Waals surface area (Å²) >= 11 is 0. The first-order valence-electron chi connectivity index (χ1n) is 5.78. The van der Waals surface area contributed by atoms with Crippen LogP contribution in [-0.2, 0) is 0 Å². The molecule has 0 saturated heterocycles. The lowest BCUT2D eigenvalue weighted by Gasteiger charge is -1.97. The summed E-state index contributed by atoms with van der Waals surface area (Å²) in [5.41, 5.74) is 14.3. The maximum Gasteiger partial charge on any atom is 0.248 e. The van der Waals surface area contributed by atoms with Crippen molar-refractivity contribution >= 4 is 11.4 Å². The van der Waals surface area contributed by atoms with E-state index in [2.05, 4.69) is 10.2 Å². The van der Waals surface area contributed by atoms with Crippen molar-refractivity contribution < 1.29 is 4.42 Å². The third kappa shape index (κ3) is 2.26. The molecule has 2 aromatic carbocycles. The van der Waals surface area contributed by atoms with Crippen molar-refractivity contribution in [3.8, 4) is 22.9 Å². The Balaban J connectivity index is 1.97. The van der Waals surface area contributed by atoms with Crippen LogP contribution in [0, 0.1) is 0 Å². The van der Waals surface area contributed by atoms with Gasteiger partial charge in [-0.1, -0.05) is 6.07 Å². The molecule has 0 bridgehead atoms. The number of hydrogen-bond donors (Lipinski definition) is 2. The first kappa shape index (κ1) is 11.3. The van der Waals surface area contributed by atoms with Gasteiger partial charge in [-0.15, -0.1) is 10.2 Å². The van der Waals surface area contributed by atoms with Gasteiger partial charge in [0.1, 0.15) is 0 Å². The largest absolute Gasteiger partial charge is 0.416 e. The summed E-state index contributed by atoms with van der Waals surface area (Å²) in [6, 6.07) is 14.6. The lowest BCUT2D eigenvalue weighted by molar-refractivity contribution is 0.584. The lowest BCUT2D eigenvalue weighted by atomic mass is 10.2. The molecule has 4 N–H and O–H groups in total. The fourth-order valence-corrected chi connectivity index (χ4v) is 1.75. The highest BCUT2D eigenvalue weighted by Gasteiger charge is 2.10. The Labute approximate surface area is 109 Å². The van der Waals surface area contributed by atoms with Crippen LogP contribution in [0.3, 0.4) is 0 Å². The Bertz CT molecular complexity index is 703. The van der Waals surface area contributed by atoms with Crippen LogP contribution in [0.5, 0.6) is 0 Å². The highest BCUT2D eigenvalue weighted by molar-refractivity contribution is 5.62. The average molecular weight is 252 g/mol. The van der Waals surface area contributed by atoms with E-state index in [0.29, 0.717) is 23.2 Å². The van der Waals surface area contributed by atoms with E-state index in [4.69, 9.17) is 15.9 Å². The Morgan fingerprint density at radius 3 is 2.11 bits per heavy atom. The van der Waals surface area contributed by atoms with Gasteiger partial charge in [0.25, 0.3) is 0 Å². The van der Waals surface area contributed by atoms with E-state index in [1.54, 1.807) is 24.3 Å². The van der Waals surface area contributed by atoms with E-state index in [1.807, 2.05) is 24.3 Å². The predicted molar refractivity (Wildman–Crippen MR) is 74.0 cm³/mol. The Kier molecular flexibility index (Phi) is 2.64. The Morgan fingerprint density at radius 1 is 0.737 bits per heavy atom. The number of nitrogen functional groups attached to an aromatic ring is 2. The van der Waals surface area contributed by atoms with Crippen LogP contribution >= 0.6 is 0 Å². The predicted octanol–water partition coefficient (Wildman–Crippen LogP) is 2.57. The summed E-state index contributed by atoms with van der Waals surface area (Å²) in [7, 11) is 0. The number of benzene rings is 2. The van der Waals surface area contributed by atoms with Gasteiger partial charge in [0.05, 0.1) is 0 Å². The fraction of sp³-hybridized carbons (Fsp3) is 0. The van der Waals surface area contributed by atoms with Crippen molar-refractivity contribution in [3.63, 3.8) is 0 Å². The molecule has 0 spiro atoms. The Hall–Kier alpha value is -2.82. The van der Waals surface area contributed by atoms with Crippen LogP contribution in [0.4, 0.5) is 11.4 Å². The van der Waals surface area contributed by atoms with Crippen molar-refractivity contribution in [3.05, 3.63) is 48.5 Å². The number of anilines is 2. The second kappa shape index (κ2) is 4.45. The van der Waals surface area contributed by atoms with Gasteiger partial charge in [0.2, 0.25) is 11.8 Å². The van der Waals surface area contributed by atoms with Gasteiger partial charge in [-0.25, -0.2) is 0 Å². The molecule has 5 nitrogen and oxygen atoms in total. The van der Waals surface area contributed by atoms with Gasteiger partial charge >= 0.3 is 0 Å². The second-order valence-corrected chi connectivity index (χ2v) is 4.16. The maximum atomic E-state index is 5.73. The van der Waals surface area contributed by atoms with Gasteiger partial charge in [-0.05, 0) is 42.5 Å². The zero-order valence-corrected chi connectivity index (χ0v) is 10.1. The second-order valence-electron chi connectivity index (χ2n) is 4.16. The van der Waals surface area contributed by atoms with Gasteiger partial charge < -0.3 is 15.9 Å². The number of nitrogens with zero attached hydrogens (tertiary/aromatic N) is 2. The summed E-state index contributed by atoms with van der Waals surface area (Å²) in [5, 5.41) is 8.05. The van der Waals surface area contributed by atoms with Crippen molar-refractivity contribution in [2.24, 2.45) is 0 Å². The number of nitrogens with two attached hydrogens (primary N) is 2. The fourth-order valence-electron chi connectivity index (χ4n) is 1.75. The summed E-state index contributed by atoms with van der Waals surface area (Å²) in [6.45, 7) is 0. The molecule has 19 heavy (non-hydrogen) atoms. The molecule has 0 aliphatic heterocycles. The molecule has 0 fully saturated rings. The van der Waals surface area contributed by atoms with Crippen LogP contribution in [0.15, 0.2) is 52.9 Å². The summed E-state index contributed by atoms with van der Waals surface area (Å²) in [4.78, 5) is 0. The first-order valence-corrected chi connectivity index (χ1v) is 5.78. The molecule has 0 radical (unpaired) electrons. The van der Waals surface area contributed by atoms with Crippen molar-refractivity contribution in [1.82, 2.24) is 10.2 Å². The van der Waals surface area contributed by atoms with E-state index in [9.17, 15) is 0 Å². The smallest absolute Gasteiger partial charge is 0.248 e. The molecular weight excluding hydrogens is 240 g/mol. The van der Waals surface area contributed by atoms with Gasteiger partial charge in [0.15, 0.2) is 0 Å². The van der Waals surface area contributed by atoms with Gasteiger partial charge in [-0.2, -0.15) is 0 Å². The minimum atomic E-state index is 0.444. The molecular formula is C14H12N4O. The number of rotatable bonds is 2. The van der Waals surface area contributed by atoms with Crippen LogP contribution in [0.25, 0.3) is 22.9 Å². The zero-order chi connectivity index (χ0) is 13.2. The molecule has 0 atom stereocenters. The van der Waals surface area contributed by atoms with E-state index < -0.39 is 0 Å². The Morgan fingerprint density at radius 2 is 1.42 bits per heavy atom. The molecule has 0 aliphatic carbocycles. The minimum Gasteiger partial charge on any atom is -0.416 e.